The summed E-state index contributed by atoms with van der Waals surface area (Å²) >= 11 is 13.2. The van der Waals surface area contributed by atoms with Crippen molar-refractivity contribution in [3.05, 3.63) is 80.5 Å². The van der Waals surface area contributed by atoms with Crippen LogP contribution in [0.4, 0.5) is 5.69 Å². The average Bonchev–Trinajstić information content (AvgIpc) is 3.21. The minimum Gasteiger partial charge on any atom is -0.488 e. The highest BCUT2D eigenvalue weighted by atomic mass is 35.5. The Labute approximate surface area is 175 Å². The highest BCUT2D eigenvalue weighted by Gasteiger charge is 2.11. The zero-order chi connectivity index (χ0) is 19.9. The second-order valence-electron chi connectivity index (χ2n) is 5.57. The van der Waals surface area contributed by atoms with Gasteiger partial charge in [-0.15, -0.1) is 11.3 Å². The first-order valence-electron chi connectivity index (χ1n) is 8.23. The largest absolute Gasteiger partial charge is 0.488 e. The van der Waals surface area contributed by atoms with Crippen molar-refractivity contribution in [2.45, 2.75) is 0 Å². The molecule has 1 heterocycles. The van der Waals surface area contributed by atoms with Crippen molar-refractivity contribution in [3.8, 4) is 5.75 Å². The standard InChI is InChI=1S/C20H15Cl2NO4S/c21-14-6-7-17(16(22)12-14)26-8-9-27-20(25)13-3-1-4-15(11-13)23-19(24)18-5-2-10-28-18/h1-7,10-12H,8-9H2,(H,23,24). The number of hydrogen-bond donors (Lipinski definition) is 1. The molecule has 0 aliphatic carbocycles. The second kappa shape index (κ2) is 9.59. The predicted molar refractivity (Wildman–Crippen MR) is 111 cm³/mol. The van der Waals surface area contributed by atoms with Crippen LogP contribution in [0.15, 0.2) is 60.0 Å². The summed E-state index contributed by atoms with van der Waals surface area (Å²) in [4.78, 5) is 24.9. The molecule has 0 fully saturated rings. The van der Waals surface area contributed by atoms with E-state index < -0.39 is 5.97 Å². The maximum atomic E-state index is 12.2. The van der Waals surface area contributed by atoms with Crippen LogP contribution in [0, 0.1) is 0 Å². The zero-order valence-corrected chi connectivity index (χ0v) is 16.8. The minimum absolute atomic E-state index is 0.0452. The zero-order valence-electron chi connectivity index (χ0n) is 14.5. The normalized spacial score (nSPS) is 10.4. The van der Waals surface area contributed by atoms with Crippen LogP contribution in [0.2, 0.25) is 10.0 Å². The minimum atomic E-state index is -0.516. The molecule has 0 atom stereocenters. The van der Waals surface area contributed by atoms with Crippen molar-refractivity contribution in [2.75, 3.05) is 18.5 Å². The molecule has 8 heteroatoms. The number of ether oxygens (including phenoxy) is 2. The van der Waals surface area contributed by atoms with Gasteiger partial charge in [0, 0.05) is 10.7 Å². The summed E-state index contributed by atoms with van der Waals surface area (Å²) in [5, 5.41) is 5.47. The van der Waals surface area contributed by atoms with Gasteiger partial charge in [-0.3, -0.25) is 4.79 Å². The van der Waals surface area contributed by atoms with Gasteiger partial charge in [-0.25, -0.2) is 4.79 Å². The lowest BCUT2D eigenvalue weighted by Crippen LogP contribution is -2.14. The van der Waals surface area contributed by atoms with E-state index in [-0.39, 0.29) is 19.1 Å². The number of hydrogen-bond acceptors (Lipinski definition) is 5. The molecule has 144 valence electrons. The number of nitrogens with one attached hydrogen (secondary N) is 1. The van der Waals surface area contributed by atoms with Crippen LogP contribution in [-0.2, 0) is 4.74 Å². The Kier molecular flexibility index (Phi) is 6.92. The van der Waals surface area contributed by atoms with Crippen molar-refractivity contribution in [2.24, 2.45) is 0 Å². The molecule has 1 aromatic heterocycles. The molecule has 0 bridgehead atoms. The molecule has 0 saturated carbocycles. The summed E-state index contributed by atoms with van der Waals surface area (Å²) < 4.78 is 10.7. The Morgan fingerprint density at radius 2 is 1.86 bits per heavy atom. The average molecular weight is 436 g/mol. The molecule has 3 aromatic rings. The number of halogens is 2. The van der Waals surface area contributed by atoms with Gasteiger partial charge in [-0.05, 0) is 47.8 Å². The summed E-state index contributed by atoms with van der Waals surface area (Å²) in [6.45, 7) is 0.186. The van der Waals surface area contributed by atoms with E-state index in [0.29, 0.717) is 31.9 Å². The van der Waals surface area contributed by atoms with Gasteiger partial charge in [0.15, 0.2) is 0 Å². The fraction of sp³-hybridized carbons (Fsp3) is 0.100. The molecule has 0 spiro atoms. The lowest BCUT2D eigenvalue weighted by molar-refractivity contribution is 0.0450. The second-order valence-corrected chi connectivity index (χ2v) is 7.36. The fourth-order valence-electron chi connectivity index (χ4n) is 2.29. The molecule has 2 aromatic carbocycles. The Bertz CT molecular complexity index is 976. The number of anilines is 1. The van der Waals surface area contributed by atoms with E-state index in [2.05, 4.69) is 5.32 Å². The fourth-order valence-corrected chi connectivity index (χ4v) is 3.37. The van der Waals surface area contributed by atoms with Gasteiger partial charge >= 0.3 is 5.97 Å². The molecule has 0 unspecified atom stereocenters. The number of amides is 1. The van der Waals surface area contributed by atoms with Gasteiger partial charge in [0.05, 0.1) is 15.5 Å². The summed E-state index contributed by atoms with van der Waals surface area (Å²) in [5.41, 5.74) is 0.838. The topological polar surface area (TPSA) is 64.6 Å². The van der Waals surface area contributed by atoms with Gasteiger partial charge in [-0.1, -0.05) is 35.3 Å². The Morgan fingerprint density at radius 3 is 2.61 bits per heavy atom. The molecule has 5 nitrogen and oxygen atoms in total. The van der Waals surface area contributed by atoms with Crippen molar-refractivity contribution < 1.29 is 19.1 Å². The van der Waals surface area contributed by atoms with Crippen LogP contribution in [0.3, 0.4) is 0 Å². The highest BCUT2D eigenvalue weighted by molar-refractivity contribution is 7.12. The summed E-state index contributed by atoms with van der Waals surface area (Å²) in [6, 6.07) is 14.9. The molecule has 1 N–H and O–H groups in total. The molecule has 0 aliphatic heterocycles. The van der Waals surface area contributed by atoms with Crippen LogP contribution in [0.1, 0.15) is 20.0 Å². The Hall–Kier alpha value is -2.54. The molecule has 1 amide bonds. The Morgan fingerprint density at radius 1 is 1.00 bits per heavy atom. The quantitative estimate of drug-likeness (QED) is 0.390. The smallest absolute Gasteiger partial charge is 0.338 e. The van der Waals surface area contributed by atoms with Crippen LogP contribution < -0.4 is 10.1 Å². The molecule has 0 saturated heterocycles. The van der Waals surface area contributed by atoms with Crippen LogP contribution >= 0.6 is 34.5 Å². The molecule has 3 rings (SSSR count). The van der Waals surface area contributed by atoms with Crippen LogP contribution in [0.5, 0.6) is 5.75 Å². The van der Waals surface area contributed by atoms with E-state index in [4.69, 9.17) is 32.7 Å². The van der Waals surface area contributed by atoms with E-state index in [1.165, 1.54) is 11.3 Å². The number of rotatable bonds is 7. The van der Waals surface area contributed by atoms with Crippen LogP contribution in [-0.4, -0.2) is 25.1 Å². The first kappa shape index (κ1) is 20.2. The summed E-state index contributed by atoms with van der Waals surface area (Å²) in [5.74, 6) is -0.285. The third-order valence-corrected chi connectivity index (χ3v) is 4.97. The Balaban J connectivity index is 1.51. The monoisotopic (exact) mass is 435 g/mol. The summed E-state index contributed by atoms with van der Waals surface area (Å²) in [6.07, 6.45) is 0. The van der Waals surface area contributed by atoms with Crippen molar-refractivity contribution in [1.82, 2.24) is 0 Å². The van der Waals surface area contributed by atoms with Crippen molar-refractivity contribution >= 4 is 52.1 Å². The number of carbonyl (C=O) groups excluding carboxylic acids is 2. The third kappa shape index (κ3) is 5.48. The number of esters is 1. The van der Waals surface area contributed by atoms with E-state index >= 15 is 0 Å². The third-order valence-electron chi connectivity index (χ3n) is 3.57. The number of benzene rings is 2. The van der Waals surface area contributed by atoms with E-state index in [1.807, 2.05) is 5.38 Å². The van der Waals surface area contributed by atoms with E-state index in [0.717, 1.165) is 0 Å². The van der Waals surface area contributed by atoms with Crippen LogP contribution in [0.25, 0.3) is 0 Å². The van der Waals surface area contributed by atoms with Gasteiger partial charge in [0.2, 0.25) is 0 Å². The maximum absolute atomic E-state index is 12.2. The van der Waals surface area contributed by atoms with Crippen molar-refractivity contribution in [1.29, 1.82) is 0 Å². The SMILES string of the molecule is O=C(OCCOc1ccc(Cl)cc1Cl)c1cccc(NC(=O)c2cccs2)c1. The van der Waals surface area contributed by atoms with Gasteiger partial charge < -0.3 is 14.8 Å². The first-order chi connectivity index (χ1) is 13.5. The van der Waals surface area contributed by atoms with Crippen molar-refractivity contribution in [3.63, 3.8) is 0 Å². The predicted octanol–water partition coefficient (Wildman–Crippen LogP) is 5.54. The van der Waals surface area contributed by atoms with Gasteiger partial charge in [0.1, 0.15) is 19.0 Å². The summed E-state index contributed by atoms with van der Waals surface area (Å²) in [7, 11) is 0. The molecule has 0 radical (unpaired) electrons. The number of thiophene rings is 1. The van der Waals surface area contributed by atoms with E-state index in [1.54, 1.807) is 54.6 Å². The van der Waals surface area contributed by atoms with E-state index in [9.17, 15) is 9.59 Å². The molecular weight excluding hydrogens is 421 g/mol. The lowest BCUT2D eigenvalue weighted by Gasteiger charge is -2.10. The molecule has 0 aliphatic rings. The molecular formula is C20H15Cl2NO4S. The highest BCUT2D eigenvalue weighted by Crippen LogP contribution is 2.27. The molecule has 28 heavy (non-hydrogen) atoms. The number of carbonyl (C=O) groups is 2. The van der Waals surface area contributed by atoms with Gasteiger partial charge in [-0.2, -0.15) is 0 Å². The van der Waals surface area contributed by atoms with Gasteiger partial charge in [0.25, 0.3) is 5.91 Å². The maximum Gasteiger partial charge on any atom is 0.338 e. The lowest BCUT2D eigenvalue weighted by atomic mass is 10.2. The first-order valence-corrected chi connectivity index (χ1v) is 9.86.